The van der Waals surface area contributed by atoms with Gasteiger partial charge in [0.1, 0.15) is 24.2 Å². The molecular formula is C29H37N5O5. The Bertz CT molecular complexity index is 1210. The Balaban J connectivity index is 1.61. The number of ether oxygens (including phenoxy) is 1. The van der Waals surface area contributed by atoms with E-state index in [4.69, 9.17) is 4.74 Å². The molecule has 3 amide bonds. The second kappa shape index (κ2) is 12.4. The van der Waals surface area contributed by atoms with Crippen LogP contribution in [-0.4, -0.2) is 58.4 Å². The first-order valence-electron chi connectivity index (χ1n) is 13.6. The number of esters is 1. The van der Waals surface area contributed by atoms with Gasteiger partial charge in [0.15, 0.2) is 0 Å². The topological polar surface area (TPSA) is 130 Å². The Morgan fingerprint density at radius 3 is 2.54 bits per heavy atom. The molecule has 3 aliphatic heterocycles. The molecule has 1 saturated heterocycles. The third-order valence-corrected chi connectivity index (χ3v) is 7.14. The van der Waals surface area contributed by atoms with Crippen molar-refractivity contribution < 1.29 is 23.9 Å². The van der Waals surface area contributed by atoms with E-state index in [-0.39, 0.29) is 24.2 Å². The maximum Gasteiger partial charge on any atom is 0.325 e. The number of amides is 3. The number of carbonyl (C=O) groups is 4. The Morgan fingerprint density at radius 2 is 1.82 bits per heavy atom. The van der Waals surface area contributed by atoms with Crippen LogP contribution in [0.5, 0.6) is 0 Å². The lowest BCUT2D eigenvalue weighted by atomic mass is 10.0. The zero-order valence-corrected chi connectivity index (χ0v) is 22.9. The number of fused-ring (bicyclic) bond motifs is 12. The van der Waals surface area contributed by atoms with Crippen molar-refractivity contribution in [3.8, 4) is 11.3 Å². The molecule has 1 aromatic carbocycles. The second-order valence-electron chi connectivity index (χ2n) is 10.6. The van der Waals surface area contributed by atoms with Gasteiger partial charge in [-0.15, -0.1) is 0 Å². The van der Waals surface area contributed by atoms with Crippen molar-refractivity contribution in [3.63, 3.8) is 0 Å². The molecule has 4 atom stereocenters. The Kier molecular flexibility index (Phi) is 8.96. The molecule has 0 spiro atoms. The monoisotopic (exact) mass is 535 g/mol. The molecule has 1 aromatic heterocycles. The van der Waals surface area contributed by atoms with Crippen LogP contribution in [0.2, 0.25) is 0 Å². The highest BCUT2D eigenvalue weighted by atomic mass is 16.5. The lowest BCUT2D eigenvalue weighted by Crippen LogP contribution is -2.61. The van der Waals surface area contributed by atoms with Crippen molar-refractivity contribution in [3.05, 3.63) is 53.7 Å². The predicted octanol–water partition coefficient (Wildman–Crippen LogP) is 2.44. The average Bonchev–Trinajstić information content (AvgIpc) is 2.94. The SMILES string of the molecule is CC1NC(=O)C(C(C)C)NC(=O)CCc2ccc(nc2)-c2cccc(c2)[C@@H](C)OC(=O)C2CCCN(N2)C1=O. The van der Waals surface area contributed by atoms with Gasteiger partial charge in [0, 0.05) is 24.7 Å². The smallest absolute Gasteiger partial charge is 0.325 e. The lowest BCUT2D eigenvalue weighted by molar-refractivity contribution is -0.157. The van der Waals surface area contributed by atoms with E-state index in [0.29, 0.717) is 25.8 Å². The number of rotatable bonds is 1. The van der Waals surface area contributed by atoms with E-state index in [9.17, 15) is 19.2 Å². The van der Waals surface area contributed by atoms with Gasteiger partial charge in [-0.05, 0) is 62.3 Å². The van der Waals surface area contributed by atoms with Crippen molar-refractivity contribution in [2.24, 2.45) is 5.92 Å². The third-order valence-electron chi connectivity index (χ3n) is 7.14. The predicted molar refractivity (Wildman–Crippen MR) is 145 cm³/mol. The highest BCUT2D eigenvalue weighted by molar-refractivity contribution is 5.92. The summed E-state index contributed by atoms with van der Waals surface area (Å²) in [6, 6.07) is 9.16. The van der Waals surface area contributed by atoms with E-state index < -0.39 is 36.1 Å². The molecule has 39 heavy (non-hydrogen) atoms. The number of nitrogens with one attached hydrogen (secondary N) is 3. The molecule has 5 rings (SSSR count). The molecule has 4 heterocycles. The molecule has 3 unspecified atom stereocenters. The summed E-state index contributed by atoms with van der Waals surface area (Å²) in [7, 11) is 0. The molecule has 0 radical (unpaired) electrons. The number of aryl methyl sites for hydroxylation is 1. The van der Waals surface area contributed by atoms with Gasteiger partial charge in [-0.3, -0.25) is 29.2 Å². The Morgan fingerprint density at radius 1 is 1.03 bits per heavy atom. The fourth-order valence-electron chi connectivity index (χ4n) is 4.77. The first-order chi connectivity index (χ1) is 18.6. The Labute approximate surface area is 228 Å². The number of hydrazine groups is 1. The van der Waals surface area contributed by atoms with Crippen LogP contribution in [0.4, 0.5) is 0 Å². The molecular weight excluding hydrogens is 498 g/mol. The van der Waals surface area contributed by atoms with Gasteiger partial charge in [-0.2, -0.15) is 0 Å². The van der Waals surface area contributed by atoms with E-state index in [0.717, 1.165) is 22.4 Å². The molecule has 3 N–H and O–H groups in total. The van der Waals surface area contributed by atoms with Gasteiger partial charge in [0.25, 0.3) is 5.91 Å². The highest BCUT2D eigenvalue weighted by Crippen LogP contribution is 2.25. The van der Waals surface area contributed by atoms with Crippen molar-refractivity contribution in [1.29, 1.82) is 0 Å². The second-order valence-corrected chi connectivity index (χ2v) is 10.6. The van der Waals surface area contributed by atoms with Crippen LogP contribution in [-0.2, 0) is 30.3 Å². The summed E-state index contributed by atoms with van der Waals surface area (Å²) in [5.74, 6) is -1.69. The van der Waals surface area contributed by atoms with E-state index in [1.165, 1.54) is 5.01 Å². The summed E-state index contributed by atoms with van der Waals surface area (Å²) >= 11 is 0. The molecule has 1 fully saturated rings. The summed E-state index contributed by atoms with van der Waals surface area (Å²) in [5.41, 5.74) is 6.35. The maximum atomic E-state index is 13.1. The van der Waals surface area contributed by atoms with E-state index in [1.54, 1.807) is 13.1 Å². The van der Waals surface area contributed by atoms with Crippen LogP contribution in [0.15, 0.2) is 42.6 Å². The van der Waals surface area contributed by atoms with Crippen molar-refractivity contribution in [2.45, 2.75) is 77.6 Å². The van der Waals surface area contributed by atoms with E-state index in [1.807, 2.05) is 57.2 Å². The normalized spacial score (nSPS) is 25.3. The number of pyridine rings is 1. The van der Waals surface area contributed by atoms with Crippen LogP contribution >= 0.6 is 0 Å². The summed E-state index contributed by atoms with van der Waals surface area (Å²) in [4.78, 5) is 56.5. The van der Waals surface area contributed by atoms with Gasteiger partial charge in [-0.25, -0.2) is 5.43 Å². The van der Waals surface area contributed by atoms with Gasteiger partial charge in [-0.1, -0.05) is 38.1 Å². The summed E-state index contributed by atoms with van der Waals surface area (Å²) in [6.07, 6.45) is 3.03. The van der Waals surface area contributed by atoms with Crippen LogP contribution < -0.4 is 16.1 Å². The fourth-order valence-corrected chi connectivity index (χ4v) is 4.77. The number of aromatic nitrogens is 1. The molecule has 3 aliphatic rings. The van der Waals surface area contributed by atoms with Crippen LogP contribution in [0.3, 0.4) is 0 Å². The van der Waals surface area contributed by atoms with Crippen molar-refractivity contribution in [2.75, 3.05) is 6.54 Å². The highest BCUT2D eigenvalue weighted by Gasteiger charge is 2.33. The van der Waals surface area contributed by atoms with Gasteiger partial charge >= 0.3 is 5.97 Å². The fraction of sp³-hybridized carbons (Fsp3) is 0.483. The largest absolute Gasteiger partial charge is 0.457 e. The quantitative estimate of drug-likeness (QED) is 0.478. The van der Waals surface area contributed by atoms with Crippen molar-refractivity contribution >= 4 is 23.7 Å². The number of nitrogens with zero attached hydrogens (tertiary/aromatic N) is 2. The number of benzene rings is 1. The van der Waals surface area contributed by atoms with E-state index in [2.05, 4.69) is 21.0 Å². The lowest BCUT2D eigenvalue weighted by Gasteiger charge is -2.35. The Hall–Kier alpha value is -3.79. The first kappa shape index (κ1) is 28.2. The molecule has 0 aliphatic carbocycles. The number of hydrogen-bond donors (Lipinski definition) is 3. The zero-order valence-electron chi connectivity index (χ0n) is 22.9. The number of carbonyl (C=O) groups excluding carboxylic acids is 4. The minimum atomic E-state index is -0.859. The molecule has 2 aromatic rings. The standard InChI is InChI=1S/C29H37N5O5/c1-17(2)26-27(36)31-18(3)28(37)34-14-6-9-24(33-34)29(38)39-19(4)21-7-5-8-22(15-21)23-12-10-20(16-30-23)11-13-25(35)32-26/h5,7-8,10,12,15-19,24,26,33H,6,9,11,13-14H2,1-4H3,(H,31,36)(H,32,35)/t18?,19-,24?,26?/m1/s1. The molecule has 10 heteroatoms. The third kappa shape index (κ3) is 7.00. The van der Waals surface area contributed by atoms with Gasteiger partial charge in [0.05, 0.1) is 5.69 Å². The van der Waals surface area contributed by atoms with Crippen LogP contribution in [0.1, 0.15) is 64.2 Å². The van der Waals surface area contributed by atoms with Crippen LogP contribution in [0, 0.1) is 5.92 Å². The van der Waals surface area contributed by atoms with Crippen LogP contribution in [0.25, 0.3) is 11.3 Å². The van der Waals surface area contributed by atoms with Gasteiger partial charge in [0.2, 0.25) is 11.8 Å². The molecule has 10 nitrogen and oxygen atoms in total. The average molecular weight is 536 g/mol. The van der Waals surface area contributed by atoms with Gasteiger partial charge < -0.3 is 15.4 Å². The molecule has 208 valence electrons. The summed E-state index contributed by atoms with van der Waals surface area (Å²) in [6.45, 7) is 7.47. The summed E-state index contributed by atoms with van der Waals surface area (Å²) in [5, 5.41) is 6.91. The molecule has 0 saturated carbocycles. The first-order valence-corrected chi connectivity index (χ1v) is 13.6. The van der Waals surface area contributed by atoms with E-state index >= 15 is 0 Å². The minimum Gasteiger partial charge on any atom is -0.457 e. The van der Waals surface area contributed by atoms with Crippen molar-refractivity contribution in [1.82, 2.24) is 26.1 Å². The number of hydrogen-bond acceptors (Lipinski definition) is 7. The zero-order chi connectivity index (χ0) is 28.1. The summed E-state index contributed by atoms with van der Waals surface area (Å²) < 4.78 is 5.78. The minimum absolute atomic E-state index is 0.187. The maximum absolute atomic E-state index is 13.1. The molecule has 6 bridgehead atoms.